The van der Waals surface area contributed by atoms with E-state index in [9.17, 15) is 9.59 Å². The van der Waals surface area contributed by atoms with E-state index in [1.54, 1.807) is 0 Å². The zero-order valence-corrected chi connectivity index (χ0v) is 12.1. The van der Waals surface area contributed by atoms with Crippen molar-refractivity contribution in [2.24, 2.45) is 23.2 Å². The van der Waals surface area contributed by atoms with Crippen molar-refractivity contribution in [1.29, 1.82) is 0 Å². The fourth-order valence-electron chi connectivity index (χ4n) is 4.19. The van der Waals surface area contributed by atoms with Crippen LogP contribution in [0.1, 0.15) is 39.5 Å². The van der Waals surface area contributed by atoms with E-state index in [1.165, 1.54) is 0 Å². The van der Waals surface area contributed by atoms with Crippen LogP contribution >= 0.6 is 0 Å². The first kappa shape index (κ1) is 13.9. The van der Waals surface area contributed by atoms with E-state index >= 15 is 0 Å². The third-order valence-corrected chi connectivity index (χ3v) is 5.56. The van der Waals surface area contributed by atoms with Gasteiger partial charge in [-0.1, -0.05) is 13.8 Å². The minimum absolute atomic E-state index is 0.0524. The minimum Gasteiger partial charge on any atom is -0.481 e. The van der Waals surface area contributed by atoms with Gasteiger partial charge in [-0.05, 0) is 25.7 Å². The molecule has 0 aromatic heterocycles. The molecule has 5 heteroatoms. The quantitative estimate of drug-likeness (QED) is 0.820. The highest BCUT2D eigenvalue weighted by molar-refractivity contribution is 5.86. The molecule has 0 spiro atoms. The van der Waals surface area contributed by atoms with Gasteiger partial charge in [-0.3, -0.25) is 9.59 Å². The second-order valence-electron chi connectivity index (χ2n) is 7.03. The van der Waals surface area contributed by atoms with E-state index in [2.05, 4.69) is 19.2 Å². The number of carboxylic acids is 1. The standard InChI is InChI=1S/C15H23NO4/c1-15(2)11(10-4-3-7-20-12(10)15)16-13(17)8-5-6-9(8)14(18)19/h8-12H,3-7H2,1-2H3,(H,16,17)(H,18,19). The number of carbonyl (C=O) groups is 2. The van der Waals surface area contributed by atoms with Gasteiger partial charge in [0, 0.05) is 24.0 Å². The van der Waals surface area contributed by atoms with Crippen LogP contribution in [0.4, 0.5) is 0 Å². The van der Waals surface area contributed by atoms with Gasteiger partial charge < -0.3 is 15.2 Å². The van der Waals surface area contributed by atoms with Crippen LogP contribution in [0.2, 0.25) is 0 Å². The molecule has 2 N–H and O–H groups in total. The molecular weight excluding hydrogens is 258 g/mol. The van der Waals surface area contributed by atoms with Crippen molar-refractivity contribution >= 4 is 11.9 Å². The Kier molecular flexibility index (Phi) is 3.27. The van der Waals surface area contributed by atoms with Crippen molar-refractivity contribution < 1.29 is 19.4 Å². The molecule has 0 aromatic carbocycles. The number of carbonyl (C=O) groups excluding carboxylic acids is 1. The highest BCUT2D eigenvalue weighted by Crippen LogP contribution is 2.51. The van der Waals surface area contributed by atoms with E-state index in [0.29, 0.717) is 18.8 Å². The molecular formula is C15H23NO4. The predicted octanol–water partition coefficient (Wildman–Crippen LogP) is 1.42. The van der Waals surface area contributed by atoms with E-state index in [1.807, 2.05) is 0 Å². The zero-order chi connectivity index (χ0) is 14.5. The molecule has 2 aliphatic carbocycles. The first-order chi connectivity index (χ1) is 9.43. The van der Waals surface area contributed by atoms with E-state index in [0.717, 1.165) is 19.4 Å². The first-order valence-corrected chi connectivity index (χ1v) is 7.57. The van der Waals surface area contributed by atoms with Crippen LogP contribution in [0.15, 0.2) is 0 Å². The summed E-state index contributed by atoms with van der Waals surface area (Å²) < 4.78 is 5.82. The van der Waals surface area contributed by atoms with Crippen LogP contribution in [0.25, 0.3) is 0 Å². The van der Waals surface area contributed by atoms with Gasteiger partial charge in [-0.15, -0.1) is 0 Å². The molecule has 0 radical (unpaired) electrons. The molecule has 3 fully saturated rings. The smallest absolute Gasteiger partial charge is 0.307 e. The molecule has 5 atom stereocenters. The maximum absolute atomic E-state index is 12.3. The second kappa shape index (κ2) is 4.72. The SMILES string of the molecule is CC1(C)C(NC(=O)C2CCC2C(=O)O)C2CCCOC21. The molecule has 0 bridgehead atoms. The summed E-state index contributed by atoms with van der Waals surface area (Å²) in [6.07, 6.45) is 3.69. The van der Waals surface area contributed by atoms with Gasteiger partial charge >= 0.3 is 5.97 Å². The molecule has 1 heterocycles. The number of fused-ring (bicyclic) bond motifs is 1. The van der Waals surface area contributed by atoms with Gasteiger partial charge in [0.2, 0.25) is 5.91 Å². The molecule has 112 valence electrons. The van der Waals surface area contributed by atoms with Gasteiger partial charge in [0.05, 0.1) is 17.9 Å². The van der Waals surface area contributed by atoms with Crippen LogP contribution in [0.3, 0.4) is 0 Å². The fourth-order valence-corrected chi connectivity index (χ4v) is 4.19. The lowest BCUT2D eigenvalue weighted by Crippen LogP contribution is -2.70. The van der Waals surface area contributed by atoms with Crippen molar-refractivity contribution in [3.8, 4) is 0 Å². The van der Waals surface area contributed by atoms with Gasteiger partial charge in [-0.2, -0.15) is 0 Å². The van der Waals surface area contributed by atoms with Crippen LogP contribution in [0.5, 0.6) is 0 Å². The van der Waals surface area contributed by atoms with Crippen molar-refractivity contribution in [2.45, 2.75) is 51.7 Å². The minimum atomic E-state index is -0.844. The Labute approximate surface area is 119 Å². The van der Waals surface area contributed by atoms with Crippen molar-refractivity contribution in [2.75, 3.05) is 6.61 Å². The maximum Gasteiger partial charge on any atom is 0.307 e. The molecule has 1 saturated heterocycles. The summed E-state index contributed by atoms with van der Waals surface area (Å²) in [4.78, 5) is 23.3. The Morgan fingerprint density at radius 3 is 2.50 bits per heavy atom. The third-order valence-electron chi connectivity index (χ3n) is 5.56. The fraction of sp³-hybridized carbons (Fsp3) is 0.867. The lowest BCUT2D eigenvalue weighted by molar-refractivity contribution is -0.195. The normalized spacial score (nSPS) is 41.8. The van der Waals surface area contributed by atoms with Crippen LogP contribution in [-0.4, -0.2) is 35.7 Å². The summed E-state index contributed by atoms with van der Waals surface area (Å²) in [6, 6.07) is 0.121. The number of amides is 1. The number of ether oxygens (including phenoxy) is 1. The Balaban J connectivity index is 1.63. The highest BCUT2D eigenvalue weighted by Gasteiger charge is 2.59. The molecule has 20 heavy (non-hydrogen) atoms. The van der Waals surface area contributed by atoms with E-state index in [-0.39, 0.29) is 29.4 Å². The van der Waals surface area contributed by atoms with Gasteiger partial charge in [-0.25, -0.2) is 0 Å². The molecule has 2 saturated carbocycles. The van der Waals surface area contributed by atoms with Crippen molar-refractivity contribution in [3.63, 3.8) is 0 Å². The summed E-state index contributed by atoms with van der Waals surface area (Å²) in [5.74, 6) is -1.36. The summed E-state index contributed by atoms with van der Waals surface area (Å²) in [5.41, 5.74) is -0.0524. The Hall–Kier alpha value is -1.10. The second-order valence-corrected chi connectivity index (χ2v) is 7.03. The number of nitrogens with one attached hydrogen (secondary N) is 1. The first-order valence-electron chi connectivity index (χ1n) is 7.57. The molecule has 5 nitrogen and oxygen atoms in total. The zero-order valence-electron chi connectivity index (χ0n) is 12.1. The molecule has 1 amide bonds. The lowest BCUT2D eigenvalue weighted by Gasteiger charge is -2.60. The molecule has 3 aliphatic rings. The largest absolute Gasteiger partial charge is 0.481 e. The van der Waals surface area contributed by atoms with E-state index < -0.39 is 11.9 Å². The molecule has 1 aliphatic heterocycles. The highest BCUT2D eigenvalue weighted by atomic mass is 16.5. The maximum atomic E-state index is 12.3. The number of carboxylic acid groups (broad SMARTS) is 1. The molecule has 3 rings (SSSR count). The Bertz CT molecular complexity index is 434. The number of aliphatic carboxylic acids is 1. The average molecular weight is 281 g/mol. The number of hydrogen-bond acceptors (Lipinski definition) is 3. The molecule has 5 unspecified atom stereocenters. The van der Waals surface area contributed by atoms with Gasteiger partial charge in [0.25, 0.3) is 0 Å². The molecule has 0 aromatic rings. The summed E-state index contributed by atoms with van der Waals surface area (Å²) in [5, 5.41) is 12.2. The monoisotopic (exact) mass is 281 g/mol. The number of hydrogen-bond donors (Lipinski definition) is 2. The predicted molar refractivity (Wildman–Crippen MR) is 72.0 cm³/mol. The topological polar surface area (TPSA) is 75.6 Å². The van der Waals surface area contributed by atoms with E-state index in [4.69, 9.17) is 9.84 Å². The van der Waals surface area contributed by atoms with Crippen molar-refractivity contribution in [1.82, 2.24) is 5.32 Å². The number of rotatable bonds is 3. The Morgan fingerprint density at radius 2 is 1.90 bits per heavy atom. The van der Waals surface area contributed by atoms with Crippen molar-refractivity contribution in [3.05, 3.63) is 0 Å². The Morgan fingerprint density at radius 1 is 1.20 bits per heavy atom. The average Bonchev–Trinajstić information content (AvgIpc) is 2.34. The summed E-state index contributed by atoms with van der Waals surface area (Å²) in [6.45, 7) is 5.06. The van der Waals surface area contributed by atoms with Gasteiger partial charge in [0.1, 0.15) is 0 Å². The summed E-state index contributed by atoms with van der Waals surface area (Å²) in [7, 11) is 0. The third kappa shape index (κ3) is 1.94. The van der Waals surface area contributed by atoms with Crippen LogP contribution < -0.4 is 5.32 Å². The van der Waals surface area contributed by atoms with Crippen LogP contribution in [0, 0.1) is 23.2 Å². The summed E-state index contributed by atoms with van der Waals surface area (Å²) >= 11 is 0. The van der Waals surface area contributed by atoms with Crippen LogP contribution in [-0.2, 0) is 14.3 Å². The lowest BCUT2D eigenvalue weighted by atomic mass is 9.55. The van der Waals surface area contributed by atoms with Gasteiger partial charge in [0.15, 0.2) is 0 Å².